The molecule has 0 spiro atoms. The number of thiophene rings is 1. The maximum Gasteiger partial charge on any atom is 0.129 e. The molecule has 1 heterocycles. The lowest BCUT2D eigenvalue weighted by molar-refractivity contribution is 0.449. The molecule has 154 valence electrons. The van der Waals surface area contributed by atoms with Gasteiger partial charge in [0.15, 0.2) is 0 Å². The highest BCUT2D eigenvalue weighted by molar-refractivity contribution is 7.16. The molecule has 1 fully saturated rings. The molecule has 2 aromatic carbocycles. The van der Waals surface area contributed by atoms with Crippen molar-refractivity contribution in [1.82, 2.24) is 0 Å². The van der Waals surface area contributed by atoms with Crippen LogP contribution in [-0.2, 0) is 0 Å². The van der Waals surface area contributed by atoms with E-state index in [0.717, 1.165) is 33.2 Å². The first-order valence-corrected chi connectivity index (χ1v) is 11.2. The summed E-state index contributed by atoms with van der Waals surface area (Å²) in [5.74, 6) is 2.66. The number of amidine groups is 1. The third kappa shape index (κ3) is 4.17. The second kappa shape index (κ2) is 9.26. The van der Waals surface area contributed by atoms with E-state index in [4.69, 9.17) is 10.5 Å². The number of rotatable bonds is 6. The van der Waals surface area contributed by atoms with E-state index in [1.165, 1.54) is 37.0 Å². The van der Waals surface area contributed by atoms with Crippen molar-refractivity contribution < 1.29 is 4.74 Å². The zero-order chi connectivity index (χ0) is 20.9. The lowest BCUT2D eigenvalue weighted by atomic mass is 9.87. The van der Waals surface area contributed by atoms with Gasteiger partial charge in [-0.05, 0) is 67.4 Å². The minimum atomic E-state index is 0.510. The summed E-state index contributed by atoms with van der Waals surface area (Å²) in [5, 5.41) is 0. The standard InChI is InChI=1S/C25H27N3OS/c1-27-22-21(25(26)28-2)23(30-24(22)17-9-5-3-6-10-17)18-13-15-20(16-14-18)29-19-11-7-4-8-12-19/h4,7-8,11-17H,1,3,5-6,9-10H2,2H3,(H2,26,28). The third-order valence-corrected chi connectivity index (χ3v) is 7.03. The zero-order valence-corrected chi connectivity index (χ0v) is 18.1. The van der Waals surface area contributed by atoms with E-state index in [2.05, 4.69) is 28.8 Å². The van der Waals surface area contributed by atoms with Gasteiger partial charge in [-0.15, -0.1) is 11.3 Å². The van der Waals surface area contributed by atoms with Crippen LogP contribution in [0, 0.1) is 0 Å². The van der Waals surface area contributed by atoms with Gasteiger partial charge in [-0.1, -0.05) is 37.5 Å². The Morgan fingerprint density at radius 2 is 1.67 bits per heavy atom. The Bertz CT molecular complexity index is 1030. The van der Waals surface area contributed by atoms with Crippen LogP contribution < -0.4 is 10.5 Å². The first-order valence-electron chi connectivity index (χ1n) is 10.4. The van der Waals surface area contributed by atoms with Crippen LogP contribution >= 0.6 is 11.3 Å². The predicted molar refractivity (Wildman–Crippen MR) is 128 cm³/mol. The van der Waals surface area contributed by atoms with Crippen molar-refractivity contribution in [3.05, 3.63) is 65.0 Å². The molecular weight excluding hydrogens is 390 g/mol. The molecule has 1 saturated carbocycles. The fraction of sp³-hybridized carbons (Fsp3) is 0.280. The molecule has 2 N–H and O–H groups in total. The molecular formula is C25H27N3OS. The van der Waals surface area contributed by atoms with Crippen molar-refractivity contribution in [2.24, 2.45) is 15.7 Å². The highest BCUT2D eigenvalue weighted by Gasteiger charge is 2.27. The fourth-order valence-corrected chi connectivity index (χ4v) is 5.53. The minimum Gasteiger partial charge on any atom is -0.457 e. The number of aliphatic imine (C=N–C) groups is 2. The van der Waals surface area contributed by atoms with E-state index in [9.17, 15) is 0 Å². The summed E-state index contributed by atoms with van der Waals surface area (Å²) < 4.78 is 5.94. The summed E-state index contributed by atoms with van der Waals surface area (Å²) in [7, 11) is 1.72. The lowest BCUT2D eigenvalue weighted by Crippen LogP contribution is -2.13. The van der Waals surface area contributed by atoms with Gasteiger partial charge in [0.25, 0.3) is 0 Å². The Morgan fingerprint density at radius 3 is 2.30 bits per heavy atom. The largest absolute Gasteiger partial charge is 0.457 e. The molecule has 0 saturated heterocycles. The Balaban J connectivity index is 1.72. The van der Waals surface area contributed by atoms with E-state index < -0.39 is 0 Å². The molecule has 5 heteroatoms. The summed E-state index contributed by atoms with van der Waals surface area (Å²) in [4.78, 5) is 11.1. The SMILES string of the molecule is C=Nc1c(C2CCCCC2)sc(-c2ccc(Oc3ccccc3)cc2)c1C(N)=NC. The molecule has 0 bridgehead atoms. The van der Waals surface area contributed by atoms with Crippen molar-refractivity contribution in [2.75, 3.05) is 7.05 Å². The van der Waals surface area contributed by atoms with Crippen LogP contribution in [0.2, 0.25) is 0 Å². The van der Waals surface area contributed by atoms with Crippen LogP contribution in [0.1, 0.15) is 48.5 Å². The maximum atomic E-state index is 6.33. The molecule has 30 heavy (non-hydrogen) atoms. The van der Waals surface area contributed by atoms with E-state index in [-0.39, 0.29) is 0 Å². The molecule has 4 nitrogen and oxygen atoms in total. The second-order valence-electron chi connectivity index (χ2n) is 7.56. The average molecular weight is 418 g/mol. The molecule has 4 rings (SSSR count). The molecule has 0 atom stereocenters. The average Bonchev–Trinajstić information content (AvgIpc) is 3.20. The van der Waals surface area contributed by atoms with Crippen LogP contribution in [-0.4, -0.2) is 19.6 Å². The summed E-state index contributed by atoms with van der Waals surface area (Å²) in [6, 6.07) is 17.9. The molecule has 0 unspecified atom stereocenters. The number of nitrogens with two attached hydrogens (primary N) is 1. The highest BCUT2D eigenvalue weighted by atomic mass is 32.1. The Labute approximate surface area is 182 Å². The Hall–Kier alpha value is -2.92. The molecule has 1 aliphatic carbocycles. The third-order valence-electron chi connectivity index (χ3n) is 5.64. The van der Waals surface area contributed by atoms with Crippen molar-refractivity contribution in [2.45, 2.75) is 38.0 Å². The van der Waals surface area contributed by atoms with Gasteiger partial charge in [0.1, 0.15) is 17.3 Å². The number of benzene rings is 2. The lowest BCUT2D eigenvalue weighted by Gasteiger charge is -2.21. The molecule has 0 radical (unpaired) electrons. The number of para-hydroxylation sites is 1. The quantitative estimate of drug-likeness (QED) is 0.349. The van der Waals surface area contributed by atoms with Gasteiger partial charge < -0.3 is 10.5 Å². The van der Waals surface area contributed by atoms with Crippen LogP contribution in [0.5, 0.6) is 11.5 Å². The normalized spacial score (nSPS) is 15.2. The fourth-order valence-electron chi connectivity index (χ4n) is 4.09. The molecule has 1 aliphatic rings. The summed E-state index contributed by atoms with van der Waals surface area (Å²) in [6.45, 7) is 3.86. The van der Waals surface area contributed by atoms with Crippen molar-refractivity contribution in [3.8, 4) is 21.9 Å². The number of hydrogen-bond acceptors (Lipinski definition) is 4. The molecule has 1 aromatic heterocycles. The summed E-state index contributed by atoms with van der Waals surface area (Å²) in [6.07, 6.45) is 6.27. The van der Waals surface area contributed by atoms with Crippen molar-refractivity contribution in [1.29, 1.82) is 0 Å². The first kappa shape index (κ1) is 20.4. The van der Waals surface area contributed by atoms with Gasteiger partial charge in [-0.2, -0.15) is 0 Å². The van der Waals surface area contributed by atoms with Gasteiger partial charge in [0.2, 0.25) is 0 Å². The van der Waals surface area contributed by atoms with Crippen LogP contribution in [0.4, 0.5) is 5.69 Å². The van der Waals surface area contributed by atoms with Crippen LogP contribution in [0.3, 0.4) is 0 Å². The van der Waals surface area contributed by atoms with Crippen molar-refractivity contribution >= 4 is 29.6 Å². The predicted octanol–water partition coefficient (Wildman–Crippen LogP) is 6.92. The van der Waals surface area contributed by atoms with Crippen LogP contribution in [0.15, 0.2) is 64.6 Å². The molecule has 0 amide bonds. The Kier molecular flexibility index (Phi) is 6.29. The van der Waals surface area contributed by atoms with Gasteiger partial charge in [0.05, 0.1) is 11.3 Å². The second-order valence-corrected chi connectivity index (χ2v) is 8.61. The van der Waals surface area contributed by atoms with Crippen LogP contribution in [0.25, 0.3) is 10.4 Å². The smallest absolute Gasteiger partial charge is 0.129 e. The monoisotopic (exact) mass is 417 g/mol. The van der Waals surface area contributed by atoms with Gasteiger partial charge in [0, 0.05) is 16.8 Å². The molecule has 3 aromatic rings. The number of ether oxygens (including phenoxy) is 1. The van der Waals surface area contributed by atoms with E-state index in [0.29, 0.717) is 11.8 Å². The number of nitrogens with zero attached hydrogens (tertiary/aromatic N) is 2. The van der Waals surface area contributed by atoms with Crippen molar-refractivity contribution in [3.63, 3.8) is 0 Å². The van der Waals surface area contributed by atoms with E-state index in [1.54, 1.807) is 18.4 Å². The van der Waals surface area contributed by atoms with Gasteiger partial charge in [-0.25, -0.2) is 0 Å². The minimum absolute atomic E-state index is 0.510. The topological polar surface area (TPSA) is 60.0 Å². The first-order chi connectivity index (χ1) is 14.7. The van der Waals surface area contributed by atoms with E-state index >= 15 is 0 Å². The highest BCUT2D eigenvalue weighted by Crippen LogP contribution is 2.48. The zero-order valence-electron chi connectivity index (χ0n) is 17.3. The summed E-state index contributed by atoms with van der Waals surface area (Å²) >= 11 is 1.79. The van der Waals surface area contributed by atoms with Gasteiger partial charge >= 0.3 is 0 Å². The summed E-state index contributed by atoms with van der Waals surface area (Å²) in [5.41, 5.74) is 9.24. The maximum absolute atomic E-state index is 6.33. The van der Waals surface area contributed by atoms with Gasteiger partial charge in [-0.3, -0.25) is 9.98 Å². The van der Waals surface area contributed by atoms with E-state index in [1.807, 2.05) is 42.5 Å². The molecule has 0 aliphatic heterocycles. The number of hydrogen-bond donors (Lipinski definition) is 1. The Morgan fingerprint density at radius 1 is 1.00 bits per heavy atom.